The number of likely N-dealkylation sites (N-methyl/N-ethyl adjacent to an activating group) is 1. The molecule has 4 heterocycles. The van der Waals surface area contributed by atoms with Gasteiger partial charge in [0.15, 0.2) is 0 Å². The zero-order valence-electron chi connectivity index (χ0n) is 28.1. The first-order valence-electron chi connectivity index (χ1n) is 15.6. The van der Waals surface area contributed by atoms with E-state index in [4.69, 9.17) is 10.5 Å². The van der Waals surface area contributed by atoms with Gasteiger partial charge >= 0.3 is 6.18 Å². The predicted octanol–water partition coefficient (Wildman–Crippen LogP) is 5.42. The Morgan fingerprint density at radius 3 is 2.48 bits per heavy atom. The minimum atomic E-state index is -4.72. The first-order chi connectivity index (χ1) is 23.8. The Balaban J connectivity index is 1.51. The average molecular weight is 708 g/mol. The van der Waals surface area contributed by atoms with Gasteiger partial charge in [-0.25, -0.2) is 0 Å². The van der Waals surface area contributed by atoms with Crippen LogP contribution in [0.25, 0.3) is 27.6 Å². The number of nitrogens with two attached hydrogens (primary N) is 1. The Hall–Kier alpha value is -5.21. The zero-order chi connectivity index (χ0) is 35.8. The molecule has 262 valence electrons. The summed E-state index contributed by atoms with van der Waals surface area (Å²) in [5.41, 5.74) is 8.89. The molecule has 5 aromatic rings. The number of benzene rings is 2. The summed E-state index contributed by atoms with van der Waals surface area (Å²) in [6.45, 7) is 6.39. The number of ether oxygens (including phenoxy) is 1. The number of aliphatic imine (C=N–C) groups is 1. The summed E-state index contributed by atoms with van der Waals surface area (Å²) in [4.78, 5) is 29.0. The molecule has 13 nitrogen and oxygen atoms in total. The highest BCUT2D eigenvalue weighted by molar-refractivity contribution is 7.71. The number of allylic oxidation sites excluding steroid dienone is 1. The molecule has 0 radical (unpaired) electrons. The van der Waals surface area contributed by atoms with Crippen LogP contribution in [0.1, 0.15) is 11.1 Å². The number of anilines is 5. The van der Waals surface area contributed by atoms with E-state index in [-0.39, 0.29) is 28.5 Å². The standard InChI is InChI=1S/C33H37F3N11O2P/c1-38-17-19(16-37)20-14-24(26(49-3)15-25(20)47-12-10-46(2)11-13-47)43-32-44-30-27(21(18-41-30)33(34,35)36)31(45-32)42-23-7-6-22-28(40-9-8-39-22)29(23)50(4,5)48/h6-9,14-18H,10-13,37H2,1-5H3,(H3,41,42,43,44,45). The van der Waals surface area contributed by atoms with Crippen LogP contribution in [0.3, 0.4) is 0 Å². The molecule has 50 heavy (non-hydrogen) atoms. The molecule has 0 unspecified atom stereocenters. The van der Waals surface area contributed by atoms with Crippen LogP contribution < -0.4 is 31.3 Å². The van der Waals surface area contributed by atoms with Gasteiger partial charge < -0.3 is 40.5 Å². The van der Waals surface area contributed by atoms with Crippen LogP contribution in [0.15, 0.2) is 54.0 Å². The molecule has 0 saturated carbocycles. The lowest BCUT2D eigenvalue weighted by molar-refractivity contribution is -0.136. The summed E-state index contributed by atoms with van der Waals surface area (Å²) in [6.07, 6.45) is 2.22. The molecule has 1 saturated heterocycles. The van der Waals surface area contributed by atoms with E-state index in [0.717, 1.165) is 43.6 Å². The van der Waals surface area contributed by atoms with Crippen molar-refractivity contribution in [3.05, 3.63) is 60.2 Å². The van der Waals surface area contributed by atoms with Gasteiger partial charge in [-0.1, -0.05) is 0 Å². The van der Waals surface area contributed by atoms with E-state index in [9.17, 15) is 17.7 Å². The number of nitrogens with one attached hydrogen (secondary N) is 3. The largest absolute Gasteiger partial charge is 0.494 e. The molecule has 6 rings (SSSR count). The number of methoxy groups -OCH3 is 1. The maximum Gasteiger partial charge on any atom is 0.418 e. The number of nitrogens with zero attached hydrogens (tertiary/aromatic N) is 7. The molecule has 1 aliphatic rings. The Morgan fingerprint density at radius 2 is 1.82 bits per heavy atom. The van der Waals surface area contributed by atoms with Gasteiger partial charge in [0.25, 0.3) is 0 Å². The molecular weight excluding hydrogens is 670 g/mol. The summed E-state index contributed by atoms with van der Waals surface area (Å²) in [5.74, 6) is 0.243. The quantitative estimate of drug-likeness (QED) is 0.114. The lowest BCUT2D eigenvalue weighted by atomic mass is 10.0. The maximum atomic E-state index is 14.3. The van der Waals surface area contributed by atoms with Gasteiger partial charge in [0.05, 0.1) is 40.3 Å². The first-order valence-corrected chi connectivity index (χ1v) is 18.2. The van der Waals surface area contributed by atoms with Crippen molar-refractivity contribution in [1.29, 1.82) is 0 Å². The third kappa shape index (κ3) is 6.81. The van der Waals surface area contributed by atoms with E-state index < -0.39 is 18.9 Å². The molecule has 1 fully saturated rings. The Morgan fingerprint density at radius 1 is 1.08 bits per heavy atom. The molecular formula is C33H37F3N11O2P. The molecule has 0 atom stereocenters. The highest BCUT2D eigenvalue weighted by Crippen LogP contribution is 2.44. The van der Waals surface area contributed by atoms with Crippen LogP contribution in [0.4, 0.5) is 42.0 Å². The summed E-state index contributed by atoms with van der Waals surface area (Å²) >= 11 is 0. The third-order valence-corrected chi connectivity index (χ3v) is 9.94. The van der Waals surface area contributed by atoms with Gasteiger partial charge in [-0.05, 0) is 38.6 Å². The number of halogens is 3. The van der Waals surface area contributed by atoms with Crippen LogP contribution in [0.2, 0.25) is 0 Å². The average Bonchev–Trinajstić information content (AvgIpc) is 3.52. The normalized spacial score (nSPS) is 15.0. The van der Waals surface area contributed by atoms with Gasteiger partial charge in [0.2, 0.25) is 5.95 Å². The number of hydrogen-bond donors (Lipinski definition) is 4. The molecule has 0 spiro atoms. The summed E-state index contributed by atoms with van der Waals surface area (Å²) < 4.78 is 62.3. The van der Waals surface area contributed by atoms with Gasteiger partial charge in [-0.15, -0.1) is 0 Å². The molecule has 0 amide bonds. The van der Waals surface area contributed by atoms with Crippen molar-refractivity contribution in [1.82, 2.24) is 29.8 Å². The van der Waals surface area contributed by atoms with E-state index in [1.54, 1.807) is 38.7 Å². The number of fused-ring (bicyclic) bond motifs is 2. The van der Waals surface area contributed by atoms with Crippen LogP contribution in [0, 0.1) is 0 Å². The van der Waals surface area contributed by atoms with Gasteiger partial charge in [-0.2, -0.15) is 23.1 Å². The fourth-order valence-corrected chi connectivity index (χ4v) is 7.43. The Bertz CT molecular complexity index is 2170. The smallest absolute Gasteiger partial charge is 0.418 e. The molecule has 3 aromatic heterocycles. The minimum absolute atomic E-state index is 0.0343. The van der Waals surface area contributed by atoms with Crippen molar-refractivity contribution < 1.29 is 22.5 Å². The summed E-state index contributed by atoms with van der Waals surface area (Å²) in [6, 6.07) is 6.97. The topological polar surface area (TPSA) is 163 Å². The van der Waals surface area contributed by atoms with Crippen LogP contribution in [0.5, 0.6) is 5.75 Å². The summed E-state index contributed by atoms with van der Waals surface area (Å²) in [7, 11) is 2.19. The first kappa shape index (κ1) is 34.6. The van der Waals surface area contributed by atoms with Crippen molar-refractivity contribution in [3.63, 3.8) is 0 Å². The van der Waals surface area contributed by atoms with E-state index >= 15 is 0 Å². The van der Waals surface area contributed by atoms with Gasteiger partial charge in [-0.3, -0.25) is 15.0 Å². The van der Waals surface area contributed by atoms with E-state index in [0.29, 0.717) is 33.3 Å². The molecule has 17 heteroatoms. The van der Waals surface area contributed by atoms with E-state index in [2.05, 4.69) is 57.4 Å². The molecule has 0 aliphatic carbocycles. The fraction of sp³-hybridized carbons (Fsp3) is 0.303. The number of aromatic amines is 1. The van der Waals surface area contributed by atoms with Gasteiger partial charge in [0.1, 0.15) is 29.9 Å². The molecule has 2 aromatic carbocycles. The van der Waals surface area contributed by atoms with Crippen molar-refractivity contribution >= 4 is 75.1 Å². The number of piperazine rings is 1. The highest BCUT2D eigenvalue weighted by Gasteiger charge is 2.36. The second kappa shape index (κ2) is 13.6. The zero-order valence-corrected chi connectivity index (χ0v) is 29.0. The van der Waals surface area contributed by atoms with Crippen molar-refractivity contribution in [3.8, 4) is 5.75 Å². The number of alkyl halides is 3. The van der Waals surface area contributed by atoms with E-state index in [1.165, 1.54) is 25.7 Å². The third-order valence-electron chi connectivity index (χ3n) is 8.41. The number of hydrogen-bond acceptors (Lipinski definition) is 12. The number of rotatable bonds is 9. The van der Waals surface area contributed by atoms with Gasteiger partial charge in [0, 0.05) is 87.1 Å². The van der Waals surface area contributed by atoms with Crippen molar-refractivity contribution in [2.24, 2.45) is 10.7 Å². The van der Waals surface area contributed by atoms with Crippen LogP contribution in [-0.4, -0.2) is 96.7 Å². The monoisotopic (exact) mass is 707 g/mol. The maximum absolute atomic E-state index is 14.3. The van der Waals surface area contributed by atoms with Crippen molar-refractivity contribution in [2.45, 2.75) is 6.18 Å². The van der Waals surface area contributed by atoms with Crippen LogP contribution in [-0.2, 0) is 10.7 Å². The second-order valence-corrected chi connectivity index (χ2v) is 15.3. The van der Waals surface area contributed by atoms with E-state index in [1.807, 2.05) is 12.1 Å². The molecule has 0 bridgehead atoms. The number of aromatic nitrogens is 5. The SMILES string of the molecule is CN=CC(=CN)c1cc(Nc2nc(Nc3ccc4nccnc4c3P(C)(C)=O)c3c(C(F)(F)F)c[nH]c3n2)c(OC)cc1N1CCN(C)CC1. The Labute approximate surface area is 286 Å². The predicted molar refractivity (Wildman–Crippen MR) is 193 cm³/mol. The minimum Gasteiger partial charge on any atom is -0.494 e. The molecule has 5 N–H and O–H groups in total. The summed E-state index contributed by atoms with van der Waals surface area (Å²) in [5, 5.41) is 6.24. The lowest BCUT2D eigenvalue weighted by Gasteiger charge is -2.35. The highest BCUT2D eigenvalue weighted by atomic mass is 31.2. The Kier molecular flexibility index (Phi) is 9.42. The molecule has 1 aliphatic heterocycles. The fourth-order valence-electron chi connectivity index (χ4n) is 6.04. The lowest BCUT2D eigenvalue weighted by Crippen LogP contribution is -2.44. The van der Waals surface area contributed by atoms with Crippen molar-refractivity contribution in [2.75, 3.05) is 76.2 Å². The number of H-pyrrole nitrogens is 1. The second-order valence-electron chi connectivity index (χ2n) is 12.2. The van der Waals surface area contributed by atoms with Crippen LogP contribution >= 0.6 is 7.14 Å².